The van der Waals surface area contributed by atoms with Gasteiger partial charge in [0.15, 0.2) is 5.43 Å². The standard InChI is InChI=1S/C20H28N2O/c1-4-15-10-11-19-17(12-15)20(23)18(14(2)21-19)13-22(3)16-8-6-5-7-9-16/h10-12,16H,4-9,13H2,1-3H3,(H,21,23). The lowest BCUT2D eigenvalue weighted by atomic mass is 9.94. The van der Waals surface area contributed by atoms with Crippen LogP contribution in [0, 0.1) is 6.92 Å². The van der Waals surface area contributed by atoms with E-state index in [2.05, 4.69) is 36.0 Å². The summed E-state index contributed by atoms with van der Waals surface area (Å²) in [7, 11) is 2.17. The van der Waals surface area contributed by atoms with Crippen molar-refractivity contribution in [3.8, 4) is 0 Å². The van der Waals surface area contributed by atoms with Gasteiger partial charge in [0.1, 0.15) is 0 Å². The highest BCUT2D eigenvalue weighted by molar-refractivity contribution is 5.80. The van der Waals surface area contributed by atoms with E-state index in [4.69, 9.17) is 0 Å². The van der Waals surface area contributed by atoms with Gasteiger partial charge >= 0.3 is 0 Å². The van der Waals surface area contributed by atoms with E-state index in [0.717, 1.165) is 35.1 Å². The van der Waals surface area contributed by atoms with Gasteiger partial charge in [-0.1, -0.05) is 32.3 Å². The van der Waals surface area contributed by atoms with Crippen molar-refractivity contribution in [2.45, 2.75) is 65.0 Å². The van der Waals surface area contributed by atoms with E-state index in [9.17, 15) is 4.79 Å². The van der Waals surface area contributed by atoms with Gasteiger partial charge in [0.2, 0.25) is 0 Å². The number of aryl methyl sites for hydroxylation is 2. The molecule has 0 bridgehead atoms. The normalized spacial score (nSPS) is 16.3. The molecule has 0 spiro atoms. The third-order valence-electron chi connectivity index (χ3n) is 5.39. The zero-order valence-electron chi connectivity index (χ0n) is 14.6. The number of aromatic nitrogens is 1. The molecule has 3 heteroatoms. The second-order valence-electron chi connectivity index (χ2n) is 7.00. The lowest BCUT2D eigenvalue weighted by Gasteiger charge is -2.31. The third-order valence-corrected chi connectivity index (χ3v) is 5.39. The lowest BCUT2D eigenvalue weighted by Crippen LogP contribution is -2.34. The van der Waals surface area contributed by atoms with E-state index in [1.807, 2.05) is 13.0 Å². The molecular formula is C20H28N2O. The molecule has 3 nitrogen and oxygen atoms in total. The van der Waals surface area contributed by atoms with E-state index in [0.29, 0.717) is 6.04 Å². The maximum Gasteiger partial charge on any atom is 0.194 e. The van der Waals surface area contributed by atoms with Gasteiger partial charge in [0.25, 0.3) is 0 Å². The molecule has 0 unspecified atom stereocenters. The Morgan fingerprint density at radius 1 is 1.22 bits per heavy atom. The maximum atomic E-state index is 13.0. The highest BCUT2D eigenvalue weighted by Crippen LogP contribution is 2.23. The van der Waals surface area contributed by atoms with E-state index in [1.165, 1.54) is 37.7 Å². The van der Waals surface area contributed by atoms with Crippen LogP contribution in [0.15, 0.2) is 23.0 Å². The molecule has 0 atom stereocenters. The first-order chi connectivity index (χ1) is 11.1. The lowest BCUT2D eigenvalue weighted by molar-refractivity contribution is 0.184. The second kappa shape index (κ2) is 6.88. The molecule has 1 fully saturated rings. The van der Waals surface area contributed by atoms with E-state index >= 15 is 0 Å². The summed E-state index contributed by atoms with van der Waals surface area (Å²) in [5.74, 6) is 0. The Bertz CT molecular complexity index is 741. The Labute approximate surface area is 138 Å². The molecule has 124 valence electrons. The minimum Gasteiger partial charge on any atom is -0.358 e. The Morgan fingerprint density at radius 3 is 2.65 bits per heavy atom. The van der Waals surface area contributed by atoms with Crippen LogP contribution in [0.5, 0.6) is 0 Å². The highest BCUT2D eigenvalue weighted by atomic mass is 16.1. The Hall–Kier alpha value is -1.61. The van der Waals surface area contributed by atoms with Gasteiger partial charge in [0, 0.05) is 34.7 Å². The summed E-state index contributed by atoms with van der Waals surface area (Å²) in [6, 6.07) is 6.82. The first-order valence-corrected chi connectivity index (χ1v) is 8.94. The topological polar surface area (TPSA) is 36.1 Å². The smallest absolute Gasteiger partial charge is 0.194 e. The fourth-order valence-electron chi connectivity index (χ4n) is 3.81. The molecule has 1 heterocycles. The number of nitrogens with zero attached hydrogens (tertiary/aromatic N) is 1. The number of rotatable bonds is 4. The highest BCUT2D eigenvalue weighted by Gasteiger charge is 2.20. The molecule has 1 aliphatic carbocycles. The average Bonchev–Trinajstić information content (AvgIpc) is 2.59. The fraction of sp³-hybridized carbons (Fsp3) is 0.550. The molecule has 0 amide bonds. The summed E-state index contributed by atoms with van der Waals surface area (Å²) >= 11 is 0. The number of fused-ring (bicyclic) bond motifs is 1. The van der Waals surface area contributed by atoms with Gasteiger partial charge in [-0.3, -0.25) is 9.69 Å². The van der Waals surface area contributed by atoms with Crippen molar-refractivity contribution >= 4 is 10.9 Å². The number of hydrogen-bond acceptors (Lipinski definition) is 2. The molecule has 1 aromatic heterocycles. The van der Waals surface area contributed by atoms with Crippen LogP contribution >= 0.6 is 0 Å². The van der Waals surface area contributed by atoms with Crippen LogP contribution in [0.3, 0.4) is 0 Å². The zero-order chi connectivity index (χ0) is 16.4. The Balaban J connectivity index is 1.94. The zero-order valence-corrected chi connectivity index (χ0v) is 14.6. The molecule has 1 saturated carbocycles. The number of benzene rings is 1. The van der Waals surface area contributed by atoms with Crippen LogP contribution in [0.4, 0.5) is 0 Å². The molecule has 3 rings (SSSR count). The Kier molecular flexibility index (Phi) is 4.86. The largest absolute Gasteiger partial charge is 0.358 e. The SMILES string of the molecule is CCc1ccc2[nH]c(C)c(CN(C)C3CCCCC3)c(=O)c2c1. The van der Waals surface area contributed by atoms with Crippen molar-refractivity contribution in [3.05, 3.63) is 45.2 Å². The van der Waals surface area contributed by atoms with Crippen molar-refractivity contribution in [2.24, 2.45) is 0 Å². The van der Waals surface area contributed by atoms with Crippen molar-refractivity contribution < 1.29 is 0 Å². The first-order valence-electron chi connectivity index (χ1n) is 8.94. The number of pyridine rings is 1. The van der Waals surface area contributed by atoms with Gasteiger partial charge in [-0.05, 0) is 50.9 Å². The maximum absolute atomic E-state index is 13.0. The first kappa shape index (κ1) is 16.3. The molecule has 23 heavy (non-hydrogen) atoms. The average molecular weight is 312 g/mol. The monoisotopic (exact) mass is 312 g/mol. The molecule has 0 radical (unpaired) electrons. The van der Waals surface area contributed by atoms with E-state index in [-0.39, 0.29) is 5.43 Å². The van der Waals surface area contributed by atoms with Gasteiger partial charge in [-0.2, -0.15) is 0 Å². The summed E-state index contributed by atoms with van der Waals surface area (Å²) in [6.45, 7) is 4.90. The summed E-state index contributed by atoms with van der Waals surface area (Å²) in [5.41, 5.74) is 4.31. The van der Waals surface area contributed by atoms with Crippen LogP contribution in [0.1, 0.15) is 55.8 Å². The van der Waals surface area contributed by atoms with Gasteiger partial charge < -0.3 is 4.98 Å². The van der Waals surface area contributed by atoms with Gasteiger partial charge in [0.05, 0.1) is 0 Å². The molecule has 1 aliphatic rings. The van der Waals surface area contributed by atoms with Gasteiger partial charge in [-0.25, -0.2) is 0 Å². The minimum absolute atomic E-state index is 0.203. The van der Waals surface area contributed by atoms with Crippen molar-refractivity contribution in [1.82, 2.24) is 9.88 Å². The van der Waals surface area contributed by atoms with Crippen LogP contribution in [0.2, 0.25) is 0 Å². The summed E-state index contributed by atoms with van der Waals surface area (Å²) in [6.07, 6.45) is 7.49. The molecule has 2 aromatic rings. The van der Waals surface area contributed by atoms with Crippen molar-refractivity contribution in [3.63, 3.8) is 0 Å². The number of H-pyrrole nitrogens is 1. The summed E-state index contributed by atoms with van der Waals surface area (Å²) in [5, 5.41) is 0.835. The summed E-state index contributed by atoms with van der Waals surface area (Å²) < 4.78 is 0. The molecule has 1 N–H and O–H groups in total. The van der Waals surface area contributed by atoms with Crippen LogP contribution in [-0.2, 0) is 13.0 Å². The predicted molar refractivity (Wildman–Crippen MR) is 97.0 cm³/mol. The second-order valence-corrected chi connectivity index (χ2v) is 7.00. The minimum atomic E-state index is 0.203. The quantitative estimate of drug-likeness (QED) is 0.920. The molecule has 1 aromatic carbocycles. The van der Waals surface area contributed by atoms with Crippen LogP contribution in [0.25, 0.3) is 10.9 Å². The Morgan fingerprint density at radius 2 is 1.96 bits per heavy atom. The molecule has 0 aliphatic heterocycles. The molecule has 0 saturated heterocycles. The van der Waals surface area contributed by atoms with Crippen LogP contribution < -0.4 is 5.43 Å². The predicted octanol–water partition coefficient (Wildman–Crippen LogP) is 4.16. The summed E-state index contributed by atoms with van der Waals surface area (Å²) in [4.78, 5) is 18.8. The fourth-order valence-corrected chi connectivity index (χ4v) is 3.81. The van der Waals surface area contributed by atoms with E-state index in [1.54, 1.807) is 0 Å². The van der Waals surface area contributed by atoms with Crippen LogP contribution in [-0.4, -0.2) is 23.0 Å². The van der Waals surface area contributed by atoms with E-state index < -0.39 is 0 Å². The van der Waals surface area contributed by atoms with Crippen molar-refractivity contribution in [1.29, 1.82) is 0 Å². The third kappa shape index (κ3) is 3.35. The van der Waals surface area contributed by atoms with Crippen molar-refractivity contribution in [2.75, 3.05) is 7.05 Å². The number of hydrogen-bond donors (Lipinski definition) is 1. The van der Waals surface area contributed by atoms with Gasteiger partial charge in [-0.15, -0.1) is 0 Å². The number of aromatic amines is 1. The number of nitrogens with one attached hydrogen (secondary N) is 1. The molecular weight excluding hydrogens is 284 g/mol.